The Morgan fingerprint density at radius 3 is 2.31 bits per heavy atom. The molecule has 1 aliphatic carbocycles. The van der Waals surface area contributed by atoms with Crippen molar-refractivity contribution in [2.24, 2.45) is 11.3 Å². The van der Waals surface area contributed by atoms with E-state index in [1.165, 1.54) is 0 Å². The fourth-order valence-electron chi connectivity index (χ4n) is 4.46. The maximum absolute atomic E-state index is 12.5. The van der Waals surface area contributed by atoms with Gasteiger partial charge in [0.2, 0.25) is 11.8 Å². The normalized spacial score (nSPS) is 22.3. The highest BCUT2D eigenvalue weighted by molar-refractivity contribution is 6.30. The number of rotatable bonds is 4. The Balaban J connectivity index is 0.00000150. The molecule has 1 unspecified atom stereocenters. The van der Waals surface area contributed by atoms with Crippen molar-refractivity contribution in [1.82, 2.24) is 15.5 Å². The molecule has 4 rings (SSSR count). The van der Waals surface area contributed by atoms with Crippen LogP contribution in [0.2, 0.25) is 5.02 Å². The maximum atomic E-state index is 12.5. The molecule has 1 saturated carbocycles. The molecular formula is C20H29Cl3N4O2. The summed E-state index contributed by atoms with van der Waals surface area (Å²) in [5, 5.41) is 6.96. The van der Waals surface area contributed by atoms with Gasteiger partial charge in [-0.2, -0.15) is 0 Å². The Hall–Kier alpha value is -1.21. The van der Waals surface area contributed by atoms with Crippen LogP contribution < -0.4 is 15.5 Å². The minimum absolute atomic E-state index is 0. The van der Waals surface area contributed by atoms with Crippen LogP contribution in [0.1, 0.15) is 19.3 Å². The molecule has 2 amide bonds. The van der Waals surface area contributed by atoms with Crippen LogP contribution in [0.15, 0.2) is 24.3 Å². The average Bonchev–Trinajstić information content (AvgIpc) is 3.40. The zero-order chi connectivity index (χ0) is 18.9. The van der Waals surface area contributed by atoms with Crippen LogP contribution in [0.3, 0.4) is 0 Å². The van der Waals surface area contributed by atoms with E-state index in [0.29, 0.717) is 13.1 Å². The summed E-state index contributed by atoms with van der Waals surface area (Å²) in [6.07, 6.45) is 3.13. The predicted octanol–water partition coefficient (Wildman–Crippen LogP) is 2.34. The van der Waals surface area contributed by atoms with Crippen molar-refractivity contribution in [3.8, 4) is 0 Å². The van der Waals surface area contributed by atoms with Crippen LogP contribution in [-0.2, 0) is 9.59 Å². The van der Waals surface area contributed by atoms with Crippen molar-refractivity contribution < 1.29 is 9.59 Å². The summed E-state index contributed by atoms with van der Waals surface area (Å²) in [5.74, 6) is 0.179. The molecule has 1 aromatic carbocycles. The average molecular weight is 464 g/mol. The first-order chi connectivity index (χ1) is 13.1. The molecule has 2 saturated heterocycles. The second-order valence-corrected chi connectivity index (χ2v) is 8.37. The monoisotopic (exact) mass is 462 g/mol. The molecule has 29 heavy (non-hydrogen) atoms. The first kappa shape index (κ1) is 24.1. The van der Waals surface area contributed by atoms with Crippen LogP contribution >= 0.6 is 36.4 Å². The van der Waals surface area contributed by atoms with E-state index in [9.17, 15) is 9.59 Å². The lowest BCUT2D eigenvalue weighted by Gasteiger charge is -2.36. The number of amides is 2. The van der Waals surface area contributed by atoms with Crippen LogP contribution in [0.25, 0.3) is 0 Å². The van der Waals surface area contributed by atoms with E-state index in [0.717, 1.165) is 56.2 Å². The van der Waals surface area contributed by atoms with E-state index in [4.69, 9.17) is 11.6 Å². The summed E-state index contributed by atoms with van der Waals surface area (Å²) < 4.78 is 0. The molecule has 0 aromatic heterocycles. The Morgan fingerprint density at radius 1 is 1.07 bits per heavy atom. The van der Waals surface area contributed by atoms with Gasteiger partial charge in [-0.05, 0) is 62.0 Å². The number of carbonyl (C=O) groups is 2. The van der Waals surface area contributed by atoms with Gasteiger partial charge in [0.15, 0.2) is 0 Å². The van der Waals surface area contributed by atoms with E-state index >= 15 is 0 Å². The highest BCUT2D eigenvalue weighted by Gasteiger charge is 2.57. The lowest BCUT2D eigenvalue weighted by molar-refractivity contribution is -0.133. The van der Waals surface area contributed by atoms with Crippen molar-refractivity contribution in [3.63, 3.8) is 0 Å². The number of benzene rings is 1. The third-order valence-electron chi connectivity index (χ3n) is 6.34. The van der Waals surface area contributed by atoms with Crippen LogP contribution in [-0.4, -0.2) is 62.5 Å². The van der Waals surface area contributed by atoms with Crippen molar-refractivity contribution in [3.05, 3.63) is 29.3 Å². The van der Waals surface area contributed by atoms with Gasteiger partial charge < -0.3 is 20.4 Å². The zero-order valence-electron chi connectivity index (χ0n) is 16.4. The molecule has 3 aliphatic rings. The third kappa shape index (κ3) is 5.48. The summed E-state index contributed by atoms with van der Waals surface area (Å²) in [4.78, 5) is 29.0. The van der Waals surface area contributed by atoms with Gasteiger partial charge in [0.25, 0.3) is 0 Å². The van der Waals surface area contributed by atoms with Crippen molar-refractivity contribution in [2.75, 3.05) is 50.7 Å². The number of carbonyl (C=O) groups excluding carboxylic acids is 2. The van der Waals surface area contributed by atoms with Crippen LogP contribution in [0.4, 0.5) is 5.69 Å². The standard InChI is InChI=1S/C20H27ClN4O2.2ClH/c21-15-1-3-16(4-2-15)24-9-11-25(12-10-24)18(26)14-23-19(27)17-13-20(17)5-7-22-8-6-20;;/h1-4,17,22H,5-14H2,(H,23,27);2*1H. The molecule has 1 atom stereocenters. The molecule has 3 fully saturated rings. The number of nitrogens with zero attached hydrogens (tertiary/aromatic N) is 2. The second kappa shape index (κ2) is 10.2. The Labute approximate surface area is 189 Å². The SMILES string of the molecule is Cl.Cl.O=C(NCC(=O)N1CCN(c2ccc(Cl)cc2)CC1)C1CC12CCNCC2. The van der Waals surface area contributed by atoms with E-state index in [1.54, 1.807) is 0 Å². The minimum Gasteiger partial charge on any atom is -0.368 e. The molecule has 1 spiro atoms. The summed E-state index contributed by atoms with van der Waals surface area (Å²) in [6, 6.07) is 7.78. The van der Waals surface area contributed by atoms with Gasteiger partial charge in [0.05, 0.1) is 6.54 Å². The Kier molecular flexibility index (Phi) is 8.47. The molecule has 2 aliphatic heterocycles. The van der Waals surface area contributed by atoms with Gasteiger partial charge in [-0.25, -0.2) is 0 Å². The highest BCUT2D eigenvalue weighted by Crippen LogP contribution is 2.58. The Bertz CT molecular complexity index is 702. The van der Waals surface area contributed by atoms with Gasteiger partial charge >= 0.3 is 0 Å². The largest absolute Gasteiger partial charge is 0.368 e. The molecule has 9 heteroatoms. The molecule has 0 radical (unpaired) electrons. The predicted molar refractivity (Wildman–Crippen MR) is 120 cm³/mol. The molecule has 0 bridgehead atoms. The van der Waals surface area contributed by atoms with E-state index < -0.39 is 0 Å². The molecular weight excluding hydrogens is 435 g/mol. The Morgan fingerprint density at radius 2 is 1.69 bits per heavy atom. The quantitative estimate of drug-likeness (QED) is 0.719. The van der Waals surface area contributed by atoms with E-state index in [2.05, 4.69) is 15.5 Å². The van der Waals surface area contributed by atoms with E-state index in [-0.39, 0.29) is 54.5 Å². The topological polar surface area (TPSA) is 64.7 Å². The minimum atomic E-state index is 0. The third-order valence-corrected chi connectivity index (χ3v) is 6.60. The van der Waals surface area contributed by atoms with Gasteiger partial charge in [-0.15, -0.1) is 24.8 Å². The summed E-state index contributed by atoms with van der Waals surface area (Å²) in [6.45, 7) is 5.05. The molecule has 162 valence electrons. The van der Waals surface area contributed by atoms with Gasteiger partial charge in [0.1, 0.15) is 0 Å². The number of piperidine rings is 1. The lowest BCUT2D eigenvalue weighted by atomic mass is 9.92. The van der Waals surface area contributed by atoms with Gasteiger partial charge in [-0.3, -0.25) is 9.59 Å². The van der Waals surface area contributed by atoms with Crippen LogP contribution in [0.5, 0.6) is 0 Å². The second-order valence-electron chi connectivity index (χ2n) is 7.93. The lowest BCUT2D eigenvalue weighted by Crippen LogP contribution is -2.51. The fourth-order valence-corrected chi connectivity index (χ4v) is 4.59. The summed E-state index contributed by atoms with van der Waals surface area (Å²) in [7, 11) is 0. The highest BCUT2D eigenvalue weighted by atomic mass is 35.5. The van der Waals surface area contributed by atoms with Crippen molar-refractivity contribution in [2.45, 2.75) is 19.3 Å². The number of piperazine rings is 1. The van der Waals surface area contributed by atoms with E-state index in [1.807, 2.05) is 29.2 Å². The fraction of sp³-hybridized carbons (Fsp3) is 0.600. The smallest absolute Gasteiger partial charge is 0.242 e. The summed E-state index contributed by atoms with van der Waals surface area (Å²) >= 11 is 5.94. The number of hydrogen-bond acceptors (Lipinski definition) is 4. The van der Waals surface area contributed by atoms with Gasteiger partial charge in [0, 0.05) is 42.8 Å². The molecule has 2 N–H and O–H groups in total. The maximum Gasteiger partial charge on any atom is 0.242 e. The first-order valence-electron chi connectivity index (χ1n) is 9.84. The van der Waals surface area contributed by atoms with Crippen molar-refractivity contribution in [1.29, 1.82) is 0 Å². The molecule has 1 aromatic rings. The zero-order valence-corrected chi connectivity index (χ0v) is 18.8. The number of halogens is 3. The summed E-state index contributed by atoms with van der Waals surface area (Å²) in [5.41, 5.74) is 1.34. The number of nitrogens with one attached hydrogen (secondary N) is 2. The number of anilines is 1. The van der Waals surface area contributed by atoms with Crippen molar-refractivity contribution >= 4 is 53.9 Å². The number of hydrogen-bond donors (Lipinski definition) is 2. The van der Waals surface area contributed by atoms with Crippen LogP contribution in [0, 0.1) is 11.3 Å². The molecule has 6 nitrogen and oxygen atoms in total. The first-order valence-corrected chi connectivity index (χ1v) is 10.2. The molecule has 2 heterocycles. The van der Waals surface area contributed by atoms with Gasteiger partial charge in [-0.1, -0.05) is 11.6 Å².